The molecule has 2 aromatic heterocycles. The van der Waals surface area contributed by atoms with Gasteiger partial charge in [-0.1, -0.05) is 62.9 Å². The third-order valence-electron chi connectivity index (χ3n) is 4.60. The second kappa shape index (κ2) is 9.57. The first kappa shape index (κ1) is 22.2. The molecule has 0 radical (unpaired) electrons. The predicted octanol–water partition coefficient (Wildman–Crippen LogP) is 4.96. The Bertz CT molecular complexity index is 1010. The molecule has 1 N–H and O–H groups in total. The molecule has 0 spiro atoms. The maximum Gasteiger partial charge on any atom is 0.250 e. The molecule has 0 saturated heterocycles. The molecule has 1 aromatic carbocycles. The van der Waals surface area contributed by atoms with Gasteiger partial charge in [0.15, 0.2) is 11.0 Å². The van der Waals surface area contributed by atoms with Crippen molar-refractivity contribution in [2.45, 2.75) is 51.7 Å². The summed E-state index contributed by atoms with van der Waals surface area (Å²) in [5, 5.41) is 15.6. The second-order valence-electron chi connectivity index (χ2n) is 7.88. The van der Waals surface area contributed by atoms with E-state index in [1.807, 2.05) is 29.0 Å². The van der Waals surface area contributed by atoms with E-state index in [1.165, 1.54) is 17.3 Å². The van der Waals surface area contributed by atoms with Crippen LogP contribution in [0.3, 0.4) is 0 Å². The molecule has 0 atom stereocenters. The van der Waals surface area contributed by atoms with Gasteiger partial charge in [0.1, 0.15) is 0 Å². The molecule has 2 heterocycles. The third kappa shape index (κ3) is 5.37. The summed E-state index contributed by atoms with van der Waals surface area (Å²) >= 11 is 2.95. The van der Waals surface area contributed by atoms with Crippen LogP contribution >= 0.6 is 23.1 Å². The van der Waals surface area contributed by atoms with Gasteiger partial charge < -0.3 is 4.57 Å². The van der Waals surface area contributed by atoms with E-state index in [4.69, 9.17) is 0 Å². The minimum absolute atomic E-state index is 0.107. The van der Waals surface area contributed by atoms with E-state index in [0.29, 0.717) is 0 Å². The van der Waals surface area contributed by atoms with Gasteiger partial charge in [-0.2, -0.15) is 5.10 Å². The van der Waals surface area contributed by atoms with E-state index < -0.39 is 0 Å². The van der Waals surface area contributed by atoms with E-state index in [-0.39, 0.29) is 17.1 Å². The molecule has 0 saturated carbocycles. The number of thiophene rings is 1. The van der Waals surface area contributed by atoms with Gasteiger partial charge in [-0.15, -0.1) is 21.5 Å². The predicted molar refractivity (Wildman–Crippen MR) is 125 cm³/mol. The van der Waals surface area contributed by atoms with Gasteiger partial charge >= 0.3 is 0 Å². The van der Waals surface area contributed by atoms with Crippen molar-refractivity contribution in [3.8, 4) is 11.4 Å². The minimum Gasteiger partial charge on any atom is -0.302 e. The number of carbonyl (C=O) groups is 1. The lowest BCUT2D eigenvalue weighted by Crippen LogP contribution is -2.21. The van der Waals surface area contributed by atoms with Crippen molar-refractivity contribution in [3.63, 3.8) is 0 Å². The molecule has 3 rings (SSSR count). The Morgan fingerprint density at radius 3 is 2.53 bits per heavy atom. The number of hydrogen-bond donors (Lipinski definition) is 1. The summed E-state index contributed by atoms with van der Waals surface area (Å²) in [6.07, 6.45) is 0. The Morgan fingerprint density at radius 2 is 1.93 bits per heavy atom. The van der Waals surface area contributed by atoms with Crippen LogP contribution < -0.4 is 5.43 Å². The molecular formula is C22H27N5OS2. The Labute approximate surface area is 185 Å². The summed E-state index contributed by atoms with van der Waals surface area (Å²) < 4.78 is 2.03. The molecule has 0 aliphatic rings. The van der Waals surface area contributed by atoms with Crippen LogP contribution in [0.4, 0.5) is 0 Å². The zero-order chi connectivity index (χ0) is 21.7. The zero-order valence-corrected chi connectivity index (χ0v) is 19.6. The average molecular weight is 442 g/mol. The van der Waals surface area contributed by atoms with Crippen molar-refractivity contribution in [3.05, 3.63) is 52.2 Å². The van der Waals surface area contributed by atoms with Gasteiger partial charge in [0.2, 0.25) is 0 Å². The van der Waals surface area contributed by atoms with Crippen molar-refractivity contribution < 1.29 is 4.79 Å². The fraction of sp³-hybridized carbons (Fsp3) is 0.364. The van der Waals surface area contributed by atoms with Gasteiger partial charge in [0.05, 0.1) is 11.5 Å². The van der Waals surface area contributed by atoms with Gasteiger partial charge in [-0.3, -0.25) is 4.79 Å². The first-order chi connectivity index (χ1) is 14.3. The van der Waals surface area contributed by atoms with Crippen LogP contribution in [0.25, 0.3) is 11.4 Å². The van der Waals surface area contributed by atoms with Crippen LogP contribution in [-0.4, -0.2) is 32.1 Å². The highest BCUT2D eigenvalue weighted by atomic mass is 32.2. The van der Waals surface area contributed by atoms with Gasteiger partial charge in [0, 0.05) is 17.0 Å². The molecule has 0 bridgehead atoms. The van der Waals surface area contributed by atoms with E-state index in [9.17, 15) is 4.79 Å². The number of amides is 1. The molecule has 0 fully saturated rings. The SMILES string of the molecule is CCn1c(SCC(=O)N/N=C(\C)c2cccs2)nnc1-c1ccc(C(C)(C)C)cc1. The zero-order valence-electron chi connectivity index (χ0n) is 18.0. The van der Waals surface area contributed by atoms with Crippen molar-refractivity contribution in [2.75, 3.05) is 5.75 Å². The van der Waals surface area contributed by atoms with Gasteiger partial charge in [-0.05, 0) is 36.3 Å². The summed E-state index contributed by atoms with van der Waals surface area (Å²) in [6, 6.07) is 12.4. The number of carbonyl (C=O) groups excluding carboxylic acids is 1. The number of aromatic nitrogens is 3. The largest absolute Gasteiger partial charge is 0.302 e. The maximum atomic E-state index is 12.2. The van der Waals surface area contributed by atoms with Gasteiger partial charge in [-0.25, -0.2) is 5.43 Å². The monoisotopic (exact) mass is 441 g/mol. The van der Waals surface area contributed by atoms with Gasteiger partial charge in [0.25, 0.3) is 5.91 Å². The molecular weight excluding hydrogens is 414 g/mol. The Kier molecular flexibility index (Phi) is 7.10. The average Bonchev–Trinajstić information content (AvgIpc) is 3.39. The first-order valence-electron chi connectivity index (χ1n) is 9.83. The summed E-state index contributed by atoms with van der Waals surface area (Å²) in [5.41, 5.74) is 5.81. The highest BCUT2D eigenvalue weighted by Crippen LogP contribution is 2.27. The molecule has 3 aromatic rings. The first-order valence-corrected chi connectivity index (χ1v) is 11.7. The molecule has 6 nitrogen and oxygen atoms in total. The van der Waals surface area contributed by atoms with Crippen molar-refractivity contribution >= 4 is 34.7 Å². The minimum atomic E-state index is -0.169. The summed E-state index contributed by atoms with van der Waals surface area (Å²) in [7, 11) is 0. The third-order valence-corrected chi connectivity index (χ3v) is 6.55. The Hall–Kier alpha value is -2.45. The topological polar surface area (TPSA) is 72.2 Å². The number of hydrogen-bond acceptors (Lipinski definition) is 6. The van der Waals surface area contributed by atoms with E-state index in [2.05, 4.69) is 72.7 Å². The molecule has 8 heteroatoms. The summed E-state index contributed by atoms with van der Waals surface area (Å²) in [4.78, 5) is 13.2. The van der Waals surface area contributed by atoms with E-state index in [1.54, 1.807) is 11.3 Å². The summed E-state index contributed by atoms with van der Waals surface area (Å²) in [5.74, 6) is 0.868. The fourth-order valence-corrected chi connectivity index (χ4v) is 4.33. The molecule has 0 unspecified atom stereocenters. The van der Waals surface area contributed by atoms with Crippen LogP contribution in [0.2, 0.25) is 0 Å². The molecule has 30 heavy (non-hydrogen) atoms. The van der Waals surface area contributed by atoms with Crippen LogP contribution in [0, 0.1) is 0 Å². The van der Waals surface area contributed by atoms with Crippen LogP contribution in [0.1, 0.15) is 45.1 Å². The van der Waals surface area contributed by atoms with Crippen molar-refractivity contribution in [2.24, 2.45) is 5.10 Å². The highest BCUT2D eigenvalue weighted by molar-refractivity contribution is 7.99. The van der Waals surface area contributed by atoms with Crippen molar-refractivity contribution in [1.82, 2.24) is 20.2 Å². The number of nitrogens with one attached hydrogen (secondary N) is 1. The highest BCUT2D eigenvalue weighted by Gasteiger charge is 2.17. The normalized spacial score (nSPS) is 12.2. The van der Waals surface area contributed by atoms with Crippen LogP contribution in [0.15, 0.2) is 52.0 Å². The number of hydrazone groups is 1. The summed E-state index contributed by atoms with van der Waals surface area (Å²) in [6.45, 7) is 11.2. The number of rotatable bonds is 7. The lowest BCUT2D eigenvalue weighted by Gasteiger charge is -2.19. The van der Waals surface area contributed by atoms with Crippen LogP contribution in [0.5, 0.6) is 0 Å². The smallest absolute Gasteiger partial charge is 0.250 e. The molecule has 1 amide bonds. The lowest BCUT2D eigenvalue weighted by molar-refractivity contribution is -0.118. The molecule has 0 aliphatic heterocycles. The number of nitrogens with zero attached hydrogens (tertiary/aromatic N) is 4. The Balaban J connectivity index is 1.66. The second-order valence-corrected chi connectivity index (χ2v) is 9.77. The van der Waals surface area contributed by atoms with Crippen LogP contribution in [-0.2, 0) is 16.8 Å². The molecule has 0 aliphatic carbocycles. The standard InChI is InChI=1S/C22H27N5OS2/c1-6-27-20(16-9-11-17(12-10-16)22(3,4)5)25-26-21(27)30-14-19(28)24-23-15(2)18-8-7-13-29-18/h7-13H,6,14H2,1-5H3,(H,24,28)/b23-15+. The fourth-order valence-electron chi connectivity index (χ4n) is 2.86. The van der Waals surface area contributed by atoms with Crippen molar-refractivity contribution in [1.29, 1.82) is 0 Å². The lowest BCUT2D eigenvalue weighted by atomic mass is 9.87. The number of benzene rings is 1. The maximum absolute atomic E-state index is 12.2. The Morgan fingerprint density at radius 1 is 1.20 bits per heavy atom. The number of thioether (sulfide) groups is 1. The quantitative estimate of drug-likeness (QED) is 0.320. The van der Waals surface area contributed by atoms with E-state index in [0.717, 1.165) is 33.7 Å². The van der Waals surface area contributed by atoms with E-state index >= 15 is 0 Å². The molecule has 158 valence electrons.